The quantitative estimate of drug-likeness (QED) is 0.771. The van der Waals surface area contributed by atoms with E-state index in [1.165, 1.54) is 0 Å². The average Bonchev–Trinajstić information content (AvgIpc) is 3.10. The van der Waals surface area contributed by atoms with Gasteiger partial charge >= 0.3 is 6.03 Å². The molecule has 2 aromatic carbocycles. The van der Waals surface area contributed by atoms with E-state index in [1.54, 1.807) is 12.5 Å². The number of para-hydroxylation sites is 1. The van der Waals surface area contributed by atoms with Gasteiger partial charge in [0, 0.05) is 23.8 Å². The molecule has 0 saturated carbocycles. The SMILES string of the molecule is C[C@@H](NC(=O)Nc1ccccc1)c1ccc(-n2ccnc2)cc1. The normalized spacial score (nSPS) is 11.7. The highest BCUT2D eigenvalue weighted by Crippen LogP contribution is 2.16. The predicted molar refractivity (Wildman–Crippen MR) is 90.6 cm³/mol. The Labute approximate surface area is 135 Å². The molecule has 0 aliphatic carbocycles. The first-order valence-corrected chi connectivity index (χ1v) is 7.43. The van der Waals surface area contributed by atoms with Crippen LogP contribution in [0.3, 0.4) is 0 Å². The summed E-state index contributed by atoms with van der Waals surface area (Å²) in [6.07, 6.45) is 5.39. The molecule has 0 aliphatic heterocycles. The van der Waals surface area contributed by atoms with E-state index in [9.17, 15) is 4.79 Å². The number of carbonyl (C=O) groups is 1. The Morgan fingerprint density at radius 3 is 2.48 bits per heavy atom. The van der Waals surface area contributed by atoms with E-state index in [1.807, 2.05) is 72.3 Å². The summed E-state index contributed by atoms with van der Waals surface area (Å²) in [5, 5.41) is 5.74. The van der Waals surface area contributed by atoms with Crippen LogP contribution >= 0.6 is 0 Å². The van der Waals surface area contributed by atoms with Gasteiger partial charge in [0.15, 0.2) is 0 Å². The zero-order valence-corrected chi connectivity index (χ0v) is 12.8. The topological polar surface area (TPSA) is 59.0 Å². The van der Waals surface area contributed by atoms with Crippen molar-refractivity contribution in [2.45, 2.75) is 13.0 Å². The number of hydrogen-bond acceptors (Lipinski definition) is 2. The van der Waals surface area contributed by atoms with Crippen LogP contribution in [0.4, 0.5) is 10.5 Å². The van der Waals surface area contributed by atoms with Gasteiger partial charge < -0.3 is 15.2 Å². The second-order valence-corrected chi connectivity index (χ2v) is 5.25. The third kappa shape index (κ3) is 3.77. The lowest BCUT2D eigenvalue weighted by Gasteiger charge is -2.15. The maximum absolute atomic E-state index is 12.0. The number of anilines is 1. The van der Waals surface area contributed by atoms with Crippen LogP contribution in [0.15, 0.2) is 73.3 Å². The molecule has 0 saturated heterocycles. The fourth-order valence-corrected chi connectivity index (χ4v) is 2.32. The van der Waals surface area contributed by atoms with Gasteiger partial charge in [0.1, 0.15) is 0 Å². The molecule has 23 heavy (non-hydrogen) atoms. The van der Waals surface area contributed by atoms with Crippen LogP contribution < -0.4 is 10.6 Å². The number of urea groups is 1. The number of imidazole rings is 1. The molecule has 116 valence electrons. The van der Waals surface area contributed by atoms with Gasteiger partial charge in [0.2, 0.25) is 0 Å². The molecular formula is C18H18N4O. The minimum Gasteiger partial charge on any atom is -0.331 e. The number of amides is 2. The first kappa shape index (κ1) is 14.8. The van der Waals surface area contributed by atoms with Gasteiger partial charge in [-0.15, -0.1) is 0 Å². The summed E-state index contributed by atoms with van der Waals surface area (Å²) < 4.78 is 1.93. The number of rotatable bonds is 4. The van der Waals surface area contributed by atoms with Gasteiger partial charge in [-0.2, -0.15) is 0 Å². The molecule has 1 heterocycles. The van der Waals surface area contributed by atoms with Gasteiger partial charge in [-0.25, -0.2) is 9.78 Å². The van der Waals surface area contributed by atoms with Gasteiger partial charge in [-0.3, -0.25) is 0 Å². The molecule has 0 unspecified atom stereocenters. The molecule has 5 heteroatoms. The molecule has 0 bridgehead atoms. The maximum atomic E-state index is 12.0. The largest absolute Gasteiger partial charge is 0.331 e. The summed E-state index contributed by atoms with van der Waals surface area (Å²) in [6.45, 7) is 1.96. The molecule has 2 amide bonds. The minimum absolute atomic E-state index is 0.0875. The molecular weight excluding hydrogens is 288 g/mol. The van der Waals surface area contributed by atoms with Crippen LogP contribution in [-0.2, 0) is 0 Å². The molecule has 1 aromatic heterocycles. The first-order chi connectivity index (χ1) is 11.2. The molecule has 2 N–H and O–H groups in total. The van der Waals surface area contributed by atoms with Gasteiger partial charge in [0.05, 0.1) is 12.4 Å². The second-order valence-electron chi connectivity index (χ2n) is 5.25. The van der Waals surface area contributed by atoms with Crippen LogP contribution in [0.1, 0.15) is 18.5 Å². The van der Waals surface area contributed by atoms with Crippen LogP contribution in [0.5, 0.6) is 0 Å². The smallest absolute Gasteiger partial charge is 0.319 e. The number of hydrogen-bond donors (Lipinski definition) is 2. The molecule has 3 aromatic rings. The second kappa shape index (κ2) is 6.79. The molecule has 0 radical (unpaired) electrons. The number of carbonyl (C=O) groups excluding carboxylic acids is 1. The highest BCUT2D eigenvalue weighted by Gasteiger charge is 2.09. The van der Waals surface area contributed by atoms with Crippen molar-refractivity contribution >= 4 is 11.7 Å². The Hall–Kier alpha value is -3.08. The standard InChI is InChI=1S/C18H18N4O/c1-14(20-18(23)21-16-5-3-2-4-6-16)15-7-9-17(10-8-15)22-12-11-19-13-22/h2-14H,1H3,(H2,20,21,23)/t14-/m1/s1. The van der Waals surface area contributed by atoms with Crippen molar-refractivity contribution in [2.75, 3.05) is 5.32 Å². The summed E-state index contributed by atoms with van der Waals surface area (Å²) >= 11 is 0. The Balaban J connectivity index is 1.61. The van der Waals surface area contributed by atoms with Crippen molar-refractivity contribution in [3.63, 3.8) is 0 Å². The number of nitrogens with zero attached hydrogens (tertiary/aromatic N) is 2. The first-order valence-electron chi connectivity index (χ1n) is 7.43. The Morgan fingerprint density at radius 2 is 1.83 bits per heavy atom. The van der Waals surface area contributed by atoms with E-state index in [2.05, 4.69) is 15.6 Å². The zero-order valence-electron chi connectivity index (χ0n) is 12.8. The highest BCUT2D eigenvalue weighted by molar-refractivity contribution is 5.89. The van der Waals surface area contributed by atoms with E-state index in [-0.39, 0.29) is 12.1 Å². The lowest BCUT2D eigenvalue weighted by molar-refractivity contribution is 0.249. The summed E-state index contributed by atoms with van der Waals surface area (Å²) in [5.74, 6) is 0. The van der Waals surface area contributed by atoms with Gasteiger partial charge in [-0.05, 0) is 36.8 Å². The predicted octanol–water partition coefficient (Wildman–Crippen LogP) is 3.76. The average molecular weight is 306 g/mol. The van der Waals surface area contributed by atoms with Gasteiger partial charge in [-0.1, -0.05) is 30.3 Å². The van der Waals surface area contributed by atoms with Crippen molar-refractivity contribution in [3.8, 4) is 5.69 Å². The lowest BCUT2D eigenvalue weighted by atomic mass is 10.1. The zero-order chi connectivity index (χ0) is 16.1. The van der Waals surface area contributed by atoms with Crippen LogP contribution in [0.2, 0.25) is 0 Å². The number of aromatic nitrogens is 2. The van der Waals surface area contributed by atoms with Crippen molar-refractivity contribution in [3.05, 3.63) is 78.9 Å². The van der Waals surface area contributed by atoms with E-state index in [0.29, 0.717) is 0 Å². The minimum atomic E-state index is -0.220. The van der Waals surface area contributed by atoms with Crippen LogP contribution in [0.25, 0.3) is 5.69 Å². The van der Waals surface area contributed by atoms with Crippen molar-refractivity contribution in [2.24, 2.45) is 0 Å². The fourth-order valence-electron chi connectivity index (χ4n) is 2.32. The van der Waals surface area contributed by atoms with Crippen molar-refractivity contribution < 1.29 is 4.79 Å². The third-order valence-electron chi connectivity index (χ3n) is 3.57. The van der Waals surface area contributed by atoms with Crippen LogP contribution in [0, 0.1) is 0 Å². The lowest BCUT2D eigenvalue weighted by Crippen LogP contribution is -2.31. The Bertz CT molecular complexity index is 751. The molecule has 0 aliphatic rings. The Kier molecular flexibility index (Phi) is 4.38. The molecule has 0 spiro atoms. The van der Waals surface area contributed by atoms with Crippen molar-refractivity contribution in [1.29, 1.82) is 0 Å². The third-order valence-corrected chi connectivity index (χ3v) is 3.57. The van der Waals surface area contributed by atoms with E-state index in [0.717, 1.165) is 16.9 Å². The van der Waals surface area contributed by atoms with E-state index in [4.69, 9.17) is 0 Å². The van der Waals surface area contributed by atoms with E-state index < -0.39 is 0 Å². The van der Waals surface area contributed by atoms with Gasteiger partial charge in [0.25, 0.3) is 0 Å². The van der Waals surface area contributed by atoms with E-state index >= 15 is 0 Å². The molecule has 5 nitrogen and oxygen atoms in total. The number of nitrogens with one attached hydrogen (secondary N) is 2. The molecule has 3 rings (SSSR count). The monoisotopic (exact) mass is 306 g/mol. The Morgan fingerprint density at radius 1 is 1.09 bits per heavy atom. The van der Waals surface area contributed by atoms with Crippen molar-refractivity contribution in [1.82, 2.24) is 14.9 Å². The molecule has 0 fully saturated rings. The number of benzene rings is 2. The summed E-state index contributed by atoms with van der Waals surface area (Å²) in [4.78, 5) is 16.0. The summed E-state index contributed by atoms with van der Waals surface area (Å²) in [5.41, 5.74) is 2.84. The van der Waals surface area contributed by atoms with Crippen LogP contribution in [-0.4, -0.2) is 15.6 Å². The summed E-state index contributed by atoms with van der Waals surface area (Å²) in [7, 11) is 0. The highest BCUT2D eigenvalue weighted by atomic mass is 16.2. The summed E-state index contributed by atoms with van der Waals surface area (Å²) in [6, 6.07) is 17.1. The fraction of sp³-hybridized carbons (Fsp3) is 0.111. The maximum Gasteiger partial charge on any atom is 0.319 e. The molecule has 1 atom stereocenters.